The van der Waals surface area contributed by atoms with Gasteiger partial charge in [0.25, 0.3) is 0 Å². The molecule has 0 aliphatic carbocycles. The zero-order chi connectivity index (χ0) is 14.5. The van der Waals surface area contributed by atoms with Crippen LogP contribution in [0.25, 0.3) is 0 Å². The van der Waals surface area contributed by atoms with E-state index in [-0.39, 0.29) is 0 Å². The van der Waals surface area contributed by atoms with Crippen molar-refractivity contribution in [3.63, 3.8) is 0 Å². The Morgan fingerprint density at radius 1 is 1.25 bits per heavy atom. The molecule has 0 radical (unpaired) electrons. The minimum atomic E-state index is 0.582. The van der Waals surface area contributed by atoms with E-state index in [0.717, 1.165) is 29.3 Å². The van der Waals surface area contributed by atoms with E-state index in [1.165, 1.54) is 16.0 Å². The topological polar surface area (TPSA) is 48.1 Å². The van der Waals surface area contributed by atoms with E-state index in [9.17, 15) is 0 Å². The Kier molecular flexibility index (Phi) is 5.15. The predicted molar refractivity (Wildman–Crippen MR) is 84.5 cm³/mol. The molecule has 1 heterocycles. The zero-order valence-corrected chi connectivity index (χ0v) is 13.2. The van der Waals surface area contributed by atoms with Crippen molar-refractivity contribution in [1.82, 2.24) is 4.98 Å². The highest BCUT2D eigenvalue weighted by molar-refractivity contribution is 7.11. The normalized spacial score (nSPS) is 10.8. The van der Waals surface area contributed by atoms with Gasteiger partial charge < -0.3 is 10.5 Å². The Hall–Kier alpha value is -1.39. The van der Waals surface area contributed by atoms with Gasteiger partial charge in [0, 0.05) is 17.8 Å². The van der Waals surface area contributed by atoms with Crippen LogP contribution in [0.3, 0.4) is 0 Å². The first-order valence-electron chi connectivity index (χ1n) is 7.02. The molecule has 4 heteroatoms. The van der Waals surface area contributed by atoms with Crippen molar-refractivity contribution >= 4 is 11.3 Å². The average molecular weight is 290 g/mol. The number of rotatable bonds is 6. The van der Waals surface area contributed by atoms with Crippen LogP contribution in [-0.4, -0.2) is 11.6 Å². The Bertz CT molecular complexity index is 536. The van der Waals surface area contributed by atoms with Gasteiger partial charge in [0.1, 0.15) is 5.75 Å². The van der Waals surface area contributed by atoms with Crippen molar-refractivity contribution in [2.24, 2.45) is 5.73 Å². The molecule has 0 aliphatic heterocycles. The monoisotopic (exact) mass is 290 g/mol. The molecule has 0 atom stereocenters. The SMILES string of the molecule is CCc1nc(CCOc2c(C)cccc2C)sc1CN. The van der Waals surface area contributed by atoms with E-state index in [4.69, 9.17) is 10.5 Å². The lowest BCUT2D eigenvalue weighted by Crippen LogP contribution is -2.03. The molecule has 0 fully saturated rings. The number of hydrogen-bond donors (Lipinski definition) is 1. The van der Waals surface area contributed by atoms with Crippen LogP contribution in [0, 0.1) is 13.8 Å². The number of aromatic nitrogens is 1. The smallest absolute Gasteiger partial charge is 0.125 e. The molecule has 0 amide bonds. The van der Waals surface area contributed by atoms with Crippen LogP contribution >= 0.6 is 11.3 Å². The van der Waals surface area contributed by atoms with Crippen LogP contribution in [-0.2, 0) is 19.4 Å². The molecule has 2 aromatic rings. The standard InChI is InChI=1S/C16H22N2OS/c1-4-13-14(10-17)20-15(18-13)8-9-19-16-11(2)6-5-7-12(16)3/h5-7H,4,8-10,17H2,1-3H3. The second kappa shape index (κ2) is 6.86. The highest BCUT2D eigenvalue weighted by Crippen LogP contribution is 2.23. The van der Waals surface area contributed by atoms with Gasteiger partial charge in [-0.15, -0.1) is 11.3 Å². The molecule has 3 nitrogen and oxygen atoms in total. The number of benzene rings is 1. The maximum absolute atomic E-state index is 5.92. The fraction of sp³-hybridized carbons (Fsp3) is 0.438. The van der Waals surface area contributed by atoms with E-state index in [1.807, 2.05) is 0 Å². The highest BCUT2D eigenvalue weighted by Gasteiger charge is 2.09. The van der Waals surface area contributed by atoms with Crippen LogP contribution in [0.1, 0.15) is 33.6 Å². The third-order valence-electron chi connectivity index (χ3n) is 3.31. The molecular weight excluding hydrogens is 268 g/mol. The minimum Gasteiger partial charge on any atom is -0.493 e. The number of para-hydroxylation sites is 1. The van der Waals surface area contributed by atoms with Crippen molar-refractivity contribution in [3.05, 3.63) is 44.9 Å². The number of nitrogens with zero attached hydrogens (tertiary/aromatic N) is 1. The summed E-state index contributed by atoms with van der Waals surface area (Å²) < 4.78 is 5.92. The number of aryl methyl sites for hydroxylation is 3. The molecule has 0 saturated carbocycles. The van der Waals surface area contributed by atoms with Gasteiger partial charge in [-0.05, 0) is 31.4 Å². The number of ether oxygens (including phenoxy) is 1. The zero-order valence-electron chi connectivity index (χ0n) is 12.4. The van der Waals surface area contributed by atoms with Crippen molar-refractivity contribution in [2.45, 2.75) is 40.2 Å². The number of nitrogens with two attached hydrogens (primary N) is 1. The summed E-state index contributed by atoms with van der Waals surface area (Å²) in [4.78, 5) is 5.84. The summed E-state index contributed by atoms with van der Waals surface area (Å²) in [5.74, 6) is 0.999. The van der Waals surface area contributed by atoms with Gasteiger partial charge in [-0.3, -0.25) is 0 Å². The van der Waals surface area contributed by atoms with E-state index < -0.39 is 0 Å². The lowest BCUT2D eigenvalue weighted by Gasteiger charge is -2.10. The van der Waals surface area contributed by atoms with Gasteiger partial charge in [0.2, 0.25) is 0 Å². The first-order chi connectivity index (χ1) is 9.65. The van der Waals surface area contributed by atoms with Crippen LogP contribution < -0.4 is 10.5 Å². The van der Waals surface area contributed by atoms with Gasteiger partial charge in [-0.1, -0.05) is 25.1 Å². The molecule has 2 N–H and O–H groups in total. The summed E-state index contributed by atoms with van der Waals surface area (Å²) in [5.41, 5.74) is 9.24. The van der Waals surface area contributed by atoms with Crippen molar-refractivity contribution in [3.8, 4) is 5.75 Å². The molecule has 0 spiro atoms. The van der Waals surface area contributed by atoms with Crippen molar-refractivity contribution < 1.29 is 4.74 Å². The van der Waals surface area contributed by atoms with Gasteiger partial charge in [-0.25, -0.2) is 4.98 Å². The number of thiazole rings is 1. The summed E-state index contributed by atoms with van der Waals surface area (Å²) in [6.07, 6.45) is 1.78. The predicted octanol–water partition coefficient (Wildman–Crippen LogP) is 3.40. The van der Waals surface area contributed by atoms with Crippen LogP contribution in [0.15, 0.2) is 18.2 Å². The molecule has 0 unspecified atom stereocenters. The van der Waals surface area contributed by atoms with Gasteiger partial charge >= 0.3 is 0 Å². The first kappa shape index (κ1) is 15.0. The largest absolute Gasteiger partial charge is 0.493 e. The van der Waals surface area contributed by atoms with Crippen molar-refractivity contribution in [2.75, 3.05) is 6.61 Å². The molecule has 0 saturated heterocycles. The summed E-state index contributed by atoms with van der Waals surface area (Å²) in [6.45, 7) is 7.51. The van der Waals surface area contributed by atoms with Gasteiger partial charge in [0.15, 0.2) is 0 Å². The van der Waals surface area contributed by atoms with Crippen LogP contribution in [0.2, 0.25) is 0 Å². The lowest BCUT2D eigenvalue weighted by molar-refractivity contribution is 0.317. The summed E-state index contributed by atoms with van der Waals surface area (Å²) in [5, 5.41) is 1.12. The van der Waals surface area contributed by atoms with E-state index >= 15 is 0 Å². The second-order valence-electron chi connectivity index (χ2n) is 4.85. The minimum absolute atomic E-state index is 0.582. The molecule has 1 aromatic carbocycles. The van der Waals surface area contributed by atoms with Crippen LogP contribution in [0.4, 0.5) is 0 Å². The summed E-state index contributed by atoms with van der Waals surface area (Å²) in [6, 6.07) is 6.21. The summed E-state index contributed by atoms with van der Waals surface area (Å²) >= 11 is 1.71. The molecule has 0 bridgehead atoms. The molecule has 108 valence electrons. The fourth-order valence-electron chi connectivity index (χ4n) is 2.25. The molecule has 1 aromatic heterocycles. The second-order valence-corrected chi connectivity index (χ2v) is 6.02. The van der Waals surface area contributed by atoms with Crippen molar-refractivity contribution in [1.29, 1.82) is 0 Å². The quantitative estimate of drug-likeness (QED) is 0.887. The Morgan fingerprint density at radius 2 is 1.95 bits per heavy atom. The number of hydrogen-bond acceptors (Lipinski definition) is 4. The van der Waals surface area contributed by atoms with E-state index in [1.54, 1.807) is 11.3 Å². The Morgan fingerprint density at radius 3 is 2.50 bits per heavy atom. The highest BCUT2D eigenvalue weighted by atomic mass is 32.1. The molecule has 20 heavy (non-hydrogen) atoms. The van der Waals surface area contributed by atoms with Crippen LogP contribution in [0.5, 0.6) is 5.75 Å². The Labute approximate surface area is 124 Å². The van der Waals surface area contributed by atoms with Gasteiger partial charge in [0.05, 0.1) is 17.3 Å². The maximum Gasteiger partial charge on any atom is 0.125 e. The first-order valence-corrected chi connectivity index (χ1v) is 7.83. The Balaban J connectivity index is 1.98. The molecular formula is C16H22N2OS. The maximum atomic E-state index is 5.92. The molecule has 2 rings (SSSR count). The average Bonchev–Trinajstić information content (AvgIpc) is 2.84. The van der Waals surface area contributed by atoms with E-state index in [2.05, 4.69) is 44.0 Å². The third kappa shape index (κ3) is 3.38. The van der Waals surface area contributed by atoms with Gasteiger partial charge in [-0.2, -0.15) is 0 Å². The lowest BCUT2D eigenvalue weighted by atomic mass is 10.1. The summed E-state index contributed by atoms with van der Waals surface area (Å²) in [7, 11) is 0. The molecule has 0 aliphatic rings. The van der Waals surface area contributed by atoms with E-state index in [0.29, 0.717) is 13.2 Å². The fourth-order valence-corrected chi connectivity index (χ4v) is 3.26. The third-order valence-corrected chi connectivity index (χ3v) is 4.49.